The molecule has 0 radical (unpaired) electrons. The largest absolute Gasteiger partial charge is 0.479 e. The zero-order valence-corrected chi connectivity index (χ0v) is 8.77. The van der Waals surface area contributed by atoms with Crippen LogP contribution < -0.4 is 15.2 Å². The number of nitrogens with two attached hydrogens (primary N) is 1. The van der Waals surface area contributed by atoms with Crippen LogP contribution in [0.1, 0.15) is 25.7 Å². The highest BCUT2D eigenvalue weighted by Gasteiger charge is 2.19. The summed E-state index contributed by atoms with van der Waals surface area (Å²) in [7, 11) is 1.53. The molecule has 5 nitrogen and oxygen atoms in total. The Hall–Kier alpha value is -1.52. The van der Waals surface area contributed by atoms with Gasteiger partial charge in [-0.05, 0) is 25.7 Å². The van der Waals surface area contributed by atoms with Crippen LogP contribution in [0.25, 0.3) is 0 Å². The standard InChI is InChI=1S/C10H15N3O2/c1-14-9-8(11)10(13-6-12-9)15-7-4-2-3-5-7/h6-7H,2-5,11H2,1H3. The van der Waals surface area contributed by atoms with Gasteiger partial charge in [0.25, 0.3) is 0 Å². The molecule has 0 unspecified atom stereocenters. The molecule has 0 spiro atoms. The van der Waals surface area contributed by atoms with Gasteiger partial charge in [-0.15, -0.1) is 0 Å². The lowest BCUT2D eigenvalue weighted by atomic mass is 10.3. The monoisotopic (exact) mass is 209 g/mol. The van der Waals surface area contributed by atoms with E-state index in [-0.39, 0.29) is 6.10 Å². The van der Waals surface area contributed by atoms with Crippen LogP contribution in [0.4, 0.5) is 5.69 Å². The average Bonchev–Trinajstić information content (AvgIpc) is 2.74. The summed E-state index contributed by atoms with van der Waals surface area (Å²) in [5.74, 6) is 0.812. The lowest BCUT2D eigenvalue weighted by molar-refractivity contribution is 0.201. The molecular weight excluding hydrogens is 194 g/mol. The number of hydrogen-bond acceptors (Lipinski definition) is 5. The molecule has 0 saturated heterocycles. The molecule has 1 aromatic rings. The third-order valence-corrected chi connectivity index (χ3v) is 2.58. The van der Waals surface area contributed by atoms with Gasteiger partial charge in [-0.2, -0.15) is 9.97 Å². The van der Waals surface area contributed by atoms with Crippen LogP contribution in [0, 0.1) is 0 Å². The summed E-state index contributed by atoms with van der Waals surface area (Å²) >= 11 is 0. The van der Waals surface area contributed by atoms with Crippen molar-refractivity contribution in [2.45, 2.75) is 31.8 Å². The van der Waals surface area contributed by atoms with Crippen LogP contribution >= 0.6 is 0 Å². The Kier molecular flexibility index (Phi) is 2.89. The van der Waals surface area contributed by atoms with Crippen molar-refractivity contribution >= 4 is 5.69 Å². The van der Waals surface area contributed by atoms with Gasteiger partial charge in [-0.1, -0.05) is 0 Å². The van der Waals surface area contributed by atoms with Crippen LogP contribution in [0.15, 0.2) is 6.33 Å². The summed E-state index contributed by atoms with van der Waals surface area (Å²) in [6, 6.07) is 0. The molecule has 1 aliphatic carbocycles. The molecular formula is C10H15N3O2. The fourth-order valence-corrected chi connectivity index (χ4v) is 1.78. The molecule has 0 atom stereocenters. The SMILES string of the molecule is COc1ncnc(OC2CCCC2)c1N. The summed E-state index contributed by atoms with van der Waals surface area (Å²) in [6.45, 7) is 0. The molecule has 2 rings (SSSR count). The number of nitrogens with zero attached hydrogens (tertiary/aromatic N) is 2. The summed E-state index contributed by atoms with van der Waals surface area (Å²) in [5.41, 5.74) is 6.18. The first-order chi connectivity index (χ1) is 7.31. The maximum Gasteiger partial charge on any atom is 0.244 e. The molecule has 5 heteroatoms. The summed E-state index contributed by atoms with van der Waals surface area (Å²) in [6.07, 6.45) is 6.23. The van der Waals surface area contributed by atoms with Crippen LogP contribution in [0.2, 0.25) is 0 Å². The van der Waals surface area contributed by atoms with Gasteiger partial charge in [0.1, 0.15) is 12.4 Å². The Balaban J connectivity index is 2.13. The van der Waals surface area contributed by atoms with Gasteiger partial charge in [-0.25, -0.2) is 0 Å². The number of rotatable bonds is 3. The van der Waals surface area contributed by atoms with E-state index in [2.05, 4.69) is 9.97 Å². The maximum atomic E-state index is 5.80. The number of methoxy groups -OCH3 is 1. The Bertz CT molecular complexity index is 337. The van der Waals surface area contributed by atoms with Gasteiger partial charge >= 0.3 is 0 Å². The van der Waals surface area contributed by atoms with E-state index >= 15 is 0 Å². The number of nitrogen functional groups attached to an aromatic ring is 1. The molecule has 1 aliphatic rings. The van der Waals surface area contributed by atoms with Crippen molar-refractivity contribution < 1.29 is 9.47 Å². The smallest absolute Gasteiger partial charge is 0.244 e. The minimum atomic E-state index is 0.243. The Morgan fingerprint density at radius 2 is 1.93 bits per heavy atom. The highest BCUT2D eigenvalue weighted by Crippen LogP contribution is 2.30. The summed E-state index contributed by atoms with van der Waals surface area (Å²) in [5, 5.41) is 0. The first kappa shape index (κ1) is 10.0. The average molecular weight is 209 g/mol. The molecule has 1 fully saturated rings. The van der Waals surface area contributed by atoms with Crippen LogP contribution in [-0.4, -0.2) is 23.2 Å². The second-order valence-electron chi connectivity index (χ2n) is 3.63. The lowest BCUT2D eigenvalue weighted by Gasteiger charge is -2.14. The van der Waals surface area contributed by atoms with Crippen molar-refractivity contribution in [3.05, 3.63) is 6.33 Å². The van der Waals surface area contributed by atoms with E-state index in [4.69, 9.17) is 15.2 Å². The molecule has 1 saturated carbocycles. The molecule has 0 bridgehead atoms. The van der Waals surface area contributed by atoms with Gasteiger partial charge in [0.15, 0.2) is 5.69 Å². The zero-order valence-electron chi connectivity index (χ0n) is 8.77. The van der Waals surface area contributed by atoms with Crippen molar-refractivity contribution in [1.82, 2.24) is 9.97 Å². The number of ether oxygens (including phenoxy) is 2. The minimum Gasteiger partial charge on any atom is -0.479 e. The minimum absolute atomic E-state index is 0.243. The third-order valence-electron chi connectivity index (χ3n) is 2.58. The lowest BCUT2D eigenvalue weighted by Crippen LogP contribution is -2.13. The molecule has 15 heavy (non-hydrogen) atoms. The van der Waals surface area contributed by atoms with E-state index in [1.807, 2.05) is 0 Å². The zero-order chi connectivity index (χ0) is 10.7. The van der Waals surface area contributed by atoms with Gasteiger partial charge in [-0.3, -0.25) is 0 Å². The van der Waals surface area contributed by atoms with Crippen molar-refractivity contribution in [2.24, 2.45) is 0 Å². The van der Waals surface area contributed by atoms with E-state index in [1.54, 1.807) is 0 Å². The molecule has 82 valence electrons. The van der Waals surface area contributed by atoms with Crippen molar-refractivity contribution in [1.29, 1.82) is 0 Å². The number of aromatic nitrogens is 2. The molecule has 1 heterocycles. The first-order valence-corrected chi connectivity index (χ1v) is 5.12. The fraction of sp³-hybridized carbons (Fsp3) is 0.600. The molecule has 0 aliphatic heterocycles. The predicted octanol–water partition coefficient (Wildman–Crippen LogP) is 1.39. The van der Waals surface area contributed by atoms with Crippen molar-refractivity contribution in [3.8, 4) is 11.8 Å². The van der Waals surface area contributed by atoms with E-state index in [0.29, 0.717) is 17.4 Å². The Morgan fingerprint density at radius 3 is 2.60 bits per heavy atom. The van der Waals surface area contributed by atoms with E-state index < -0.39 is 0 Å². The van der Waals surface area contributed by atoms with Gasteiger partial charge in [0.05, 0.1) is 7.11 Å². The van der Waals surface area contributed by atoms with Crippen LogP contribution in [-0.2, 0) is 0 Å². The van der Waals surface area contributed by atoms with Crippen LogP contribution in [0.3, 0.4) is 0 Å². The maximum absolute atomic E-state index is 5.80. The van der Waals surface area contributed by atoms with E-state index in [9.17, 15) is 0 Å². The third kappa shape index (κ3) is 2.11. The second kappa shape index (κ2) is 4.33. The fourth-order valence-electron chi connectivity index (χ4n) is 1.78. The van der Waals surface area contributed by atoms with Crippen LogP contribution in [0.5, 0.6) is 11.8 Å². The Morgan fingerprint density at radius 1 is 1.27 bits per heavy atom. The van der Waals surface area contributed by atoms with Crippen molar-refractivity contribution in [3.63, 3.8) is 0 Å². The summed E-state index contributed by atoms with van der Waals surface area (Å²) < 4.78 is 10.7. The van der Waals surface area contributed by atoms with Gasteiger partial charge in [0.2, 0.25) is 11.8 Å². The highest BCUT2D eigenvalue weighted by atomic mass is 16.5. The normalized spacial score (nSPS) is 16.6. The quantitative estimate of drug-likeness (QED) is 0.814. The van der Waals surface area contributed by atoms with Crippen molar-refractivity contribution in [2.75, 3.05) is 12.8 Å². The molecule has 0 aromatic carbocycles. The number of anilines is 1. The van der Waals surface area contributed by atoms with E-state index in [0.717, 1.165) is 12.8 Å². The predicted molar refractivity (Wildman–Crippen MR) is 55.9 cm³/mol. The second-order valence-corrected chi connectivity index (χ2v) is 3.63. The number of hydrogen-bond donors (Lipinski definition) is 1. The summed E-state index contributed by atoms with van der Waals surface area (Å²) in [4.78, 5) is 7.91. The topological polar surface area (TPSA) is 70.3 Å². The molecule has 1 aromatic heterocycles. The van der Waals surface area contributed by atoms with Gasteiger partial charge < -0.3 is 15.2 Å². The molecule has 2 N–H and O–H groups in total. The van der Waals surface area contributed by atoms with Gasteiger partial charge in [0, 0.05) is 0 Å². The Labute approximate surface area is 88.6 Å². The highest BCUT2D eigenvalue weighted by molar-refractivity contribution is 5.55. The first-order valence-electron chi connectivity index (χ1n) is 5.12. The molecule has 0 amide bonds. The van der Waals surface area contributed by atoms with E-state index in [1.165, 1.54) is 26.3 Å².